The summed E-state index contributed by atoms with van der Waals surface area (Å²) in [5, 5.41) is 11.6. The Kier molecular flexibility index (Phi) is 2.84. The van der Waals surface area contributed by atoms with Gasteiger partial charge in [-0.3, -0.25) is 0 Å². The Morgan fingerprint density at radius 3 is 2.39 bits per heavy atom. The summed E-state index contributed by atoms with van der Waals surface area (Å²) in [7, 11) is 0. The first-order chi connectivity index (χ1) is 8.45. The molecule has 0 saturated heterocycles. The third kappa shape index (κ3) is 1.42. The highest BCUT2D eigenvalue weighted by atomic mass is 16.3. The second-order valence-electron chi connectivity index (χ2n) is 7.89. The summed E-state index contributed by atoms with van der Waals surface area (Å²) in [5.41, 5.74) is 5.78. The molecule has 4 atom stereocenters. The molecule has 4 unspecified atom stereocenters. The molecule has 0 spiro atoms. The highest BCUT2D eigenvalue weighted by molar-refractivity contribution is 5.16. The van der Waals surface area contributed by atoms with Crippen LogP contribution in [0.2, 0.25) is 0 Å². The highest BCUT2D eigenvalue weighted by Crippen LogP contribution is 2.66. The van der Waals surface area contributed by atoms with E-state index in [4.69, 9.17) is 5.73 Å². The van der Waals surface area contributed by atoms with E-state index in [9.17, 15) is 5.11 Å². The molecule has 0 aromatic rings. The van der Waals surface area contributed by atoms with Crippen molar-refractivity contribution in [2.75, 3.05) is 6.54 Å². The highest BCUT2D eigenvalue weighted by Gasteiger charge is 2.65. The molecule has 2 heteroatoms. The summed E-state index contributed by atoms with van der Waals surface area (Å²) in [6, 6.07) is 0. The zero-order valence-corrected chi connectivity index (χ0v) is 12.0. The average molecular weight is 251 g/mol. The fourth-order valence-corrected chi connectivity index (χ4v) is 5.79. The Hall–Kier alpha value is -0.0800. The lowest BCUT2D eigenvalue weighted by Gasteiger charge is -2.59. The minimum atomic E-state index is -0.521. The summed E-state index contributed by atoms with van der Waals surface area (Å²) in [6.07, 6.45) is 9.78. The molecule has 18 heavy (non-hydrogen) atoms. The normalized spacial score (nSPS) is 50.7. The third-order valence-corrected chi connectivity index (χ3v) is 6.87. The minimum Gasteiger partial charge on any atom is -0.389 e. The van der Waals surface area contributed by atoms with Crippen molar-refractivity contribution in [2.24, 2.45) is 28.4 Å². The Bertz CT molecular complexity index is 340. The maximum Gasteiger partial charge on any atom is 0.0769 e. The summed E-state index contributed by atoms with van der Waals surface area (Å²) >= 11 is 0. The van der Waals surface area contributed by atoms with Crippen molar-refractivity contribution < 1.29 is 5.11 Å². The van der Waals surface area contributed by atoms with Crippen molar-refractivity contribution in [3.63, 3.8) is 0 Å². The maximum atomic E-state index is 11.6. The van der Waals surface area contributed by atoms with E-state index in [1.54, 1.807) is 0 Å². The zero-order valence-electron chi connectivity index (χ0n) is 12.0. The van der Waals surface area contributed by atoms with Gasteiger partial charge < -0.3 is 10.8 Å². The van der Waals surface area contributed by atoms with Gasteiger partial charge in [-0.05, 0) is 49.4 Å². The Morgan fingerprint density at radius 1 is 1.17 bits per heavy atom. The van der Waals surface area contributed by atoms with Gasteiger partial charge in [0.1, 0.15) is 0 Å². The summed E-state index contributed by atoms with van der Waals surface area (Å²) in [4.78, 5) is 0. The van der Waals surface area contributed by atoms with E-state index in [1.165, 1.54) is 38.5 Å². The van der Waals surface area contributed by atoms with Crippen LogP contribution < -0.4 is 5.73 Å². The molecule has 0 aromatic carbocycles. The van der Waals surface area contributed by atoms with E-state index in [0.717, 1.165) is 18.8 Å². The molecule has 3 saturated carbocycles. The van der Waals surface area contributed by atoms with Gasteiger partial charge in [0.05, 0.1) is 5.60 Å². The molecule has 3 N–H and O–H groups in total. The Morgan fingerprint density at radius 2 is 1.89 bits per heavy atom. The predicted molar refractivity (Wildman–Crippen MR) is 74.1 cm³/mol. The topological polar surface area (TPSA) is 46.2 Å². The SMILES string of the molecule is CC1(C)CCCCC1(O)C1(CN)CC2CCC1C2. The molecule has 0 amide bonds. The molecule has 3 rings (SSSR count). The minimum absolute atomic E-state index is 0.0276. The molecule has 0 aromatic heterocycles. The van der Waals surface area contributed by atoms with Gasteiger partial charge in [0, 0.05) is 12.0 Å². The summed E-state index contributed by atoms with van der Waals surface area (Å²) in [5.74, 6) is 1.54. The smallest absolute Gasteiger partial charge is 0.0769 e. The molecule has 0 radical (unpaired) electrons. The third-order valence-electron chi connectivity index (χ3n) is 6.87. The molecule has 0 heterocycles. The van der Waals surface area contributed by atoms with Crippen LogP contribution in [-0.4, -0.2) is 17.3 Å². The van der Waals surface area contributed by atoms with Crippen LogP contribution in [0, 0.1) is 22.7 Å². The lowest BCUT2D eigenvalue weighted by Crippen LogP contribution is -2.63. The van der Waals surface area contributed by atoms with Crippen LogP contribution in [0.15, 0.2) is 0 Å². The van der Waals surface area contributed by atoms with Crippen LogP contribution in [0.25, 0.3) is 0 Å². The molecule has 2 nitrogen and oxygen atoms in total. The largest absolute Gasteiger partial charge is 0.389 e. The molecule has 2 bridgehead atoms. The van der Waals surface area contributed by atoms with E-state index in [0.29, 0.717) is 12.5 Å². The van der Waals surface area contributed by atoms with E-state index >= 15 is 0 Å². The first-order valence-corrected chi connectivity index (χ1v) is 7.88. The molecule has 0 aliphatic heterocycles. The standard InChI is InChI=1S/C16H29NO/c1-14(2)7-3-4-8-16(14,18)15(11-17)10-12-5-6-13(15)9-12/h12-13,18H,3-11,17H2,1-2H3. The number of nitrogens with two attached hydrogens (primary N) is 1. The second-order valence-corrected chi connectivity index (χ2v) is 7.89. The van der Waals surface area contributed by atoms with Gasteiger partial charge in [-0.15, -0.1) is 0 Å². The Labute approximate surface area is 111 Å². The average Bonchev–Trinajstić information content (AvgIpc) is 2.93. The fourth-order valence-electron chi connectivity index (χ4n) is 5.79. The van der Waals surface area contributed by atoms with Crippen molar-refractivity contribution in [1.82, 2.24) is 0 Å². The van der Waals surface area contributed by atoms with Crippen LogP contribution >= 0.6 is 0 Å². The van der Waals surface area contributed by atoms with Crippen LogP contribution in [-0.2, 0) is 0 Å². The van der Waals surface area contributed by atoms with Crippen LogP contribution in [0.4, 0.5) is 0 Å². The van der Waals surface area contributed by atoms with Crippen molar-refractivity contribution in [1.29, 1.82) is 0 Å². The Balaban J connectivity index is 2.00. The van der Waals surface area contributed by atoms with Crippen molar-refractivity contribution in [3.05, 3.63) is 0 Å². The lowest BCUT2D eigenvalue weighted by atomic mass is 9.50. The van der Waals surface area contributed by atoms with Crippen LogP contribution in [0.3, 0.4) is 0 Å². The van der Waals surface area contributed by atoms with Gasteiger partial charge in [-0.2, -0.15) is 0 Å². The lowest BCUT2D eigenvalue weighted by molar-refractivity contribution is -0.199. The van der Waals surface area contributed by atoms with Crippen molar-refractivity contribution in [3.8, 4) is 0 Å². The van der Waals surface area contributed by atoms with Gasteiger partial charge in [0.15, 0.2) is 0 Å². The molecule has 3 aliphatic rings. The quantitative estimate of drug-likeness (QED) is 0.792. The molecule has 3 fully saturated rings. The summed E-state index contributed by atoms with van der Waals surface area (Å²) < 4.78 is 0. The van der Waals surface area contributed by atoms with E-state index in [2.05, 4.69) is 13.8 Å². The van der Waals surface area contributed by atoms with E-state index in [1.807, 2.05) is 0 Å². The van der Waals surface area contributed by atoms with Gasteiger partial charge in [-0.1, -0.05) is 33.1 Å². The molecule has 3 aliphatic carbocycles. The number of hydrogen-bond donors (Lipinski definition) is 2. The molecule has 104 valence electrons. The van der Waals surface area contributed by atoms with Gasteiger partial charge in [0.2, 0.25) is 0 Å². The monoisotopic (exact) mass is 251 g/mol. The molecular formula is C16H29NO. The first kappa shape index (κ1) is 12.9. The first-order valence-electron chi connectivity index (χ1n) is 7.88. The van der Waals surface area contributed by atoms with E-state index in [-0.39, 0.29) is 10.8 Å². The number of aliphatic hydroxyl groups is 1. The van der Waals surface area contributed by atoms with Gasteiger partial charge in [-0.25, -0.2) is 0 Å². The number of hydrogen-bond acceptors (Lipinski definition) is 2. The van der Waals surface area contributed by atoms with Gasteiger partial charge >= 0.3 is 0 Å². The van der Waals surface area contributed by atoms with E-state index < -0.39 is 5.60 Å². The zero-order chi connectivity index (χ0) is 13.0. The number of rotatable bonds is 2. The maximum absolute atomic E-state index is 11.6. The molecular weight excluding hydrogens is 222 g/mol. The predicted octanol–water partition coefficient (Wildman–Crippen LogP) is 3.08. The fraction of sp³-hybridized carbons (Fsp3) is 1.00. The summed E-state index contributed by atoms with van der Waals surface area (Å²) in [6.45, 7) is 5.24. The van der Waals surface area contributed by atoms with Crippen molar-refractivity contribution in [2.45, 2.75) is 70.8 Å². The second kappa shape index (κ2) is 3.96. The van der Waals surface area contributed by atoms with Crippen LogP contribution in [0.1, 0.15) is 65.2 Å². The van der Waals surface area contributed by atoms with Crippen molar-refractivity contribution >= 4 is 0 Å². The van der Waals surface area contributed by atoms with Gasteiger partial charge in [0.25, 0.3) is 0 Å². The van der Waals surface area contributed by atoms with Crippen LogP contribution in [0.5, 0.6) is 0 Å². The number of fused-ring (bicyclic) bond motifs is 2.